The molecule has 1 aliphatic heterocycles. The predicted molar refractivity (Wildman–Crippen MR) is 133 cm³/mol. The molecule has 174 valence electrons. The molecular formula is C28H22N2O4S. The SMILES string of the molecule is O=C(C1=C(O)C(=O)N(Cc2ccncc2)[C@@H]1c1cccc(OCc2ccccc2)c1)c1cccs1. The van der Waals surface area contributed by atoms with Crippen LogP contribution >= 0.6 is 11.3 Å². The highest BCUT2D eigenvalue weighted by Crippen LogP contribution is 2.41. The average molecular weight is 483 g/mol. The Bertz CT molecular complexity index is 1370. The first-order valence-electron chi connectivity index (χ1n) is 11.1. The smallest absolute Gasteiger partial charge is 0.290 e. The van der Waals surface area contributed by atoms with Crippen molar-refractivity contribution in [2.45, 2.75) is 19.2 Å². The Labute approximate surface area is 206 Å². The highest BCUT2D eigenvalue weighted by Gasteiger charge is 2.44. The molecule has 1 atom stereocenters. The van der Waals surface area contributed by atoms with Crippen LogP contribution in [0.25, 0.3) is 0 Å². The molecule has 1 N–H and O–H groups in total. The van der Waals surface area contributed by atoms with Gasteiger partial charge in [-0.1, -0.05) is 48.5 Å². The number of hydrogen-bond acceptors (Lipinski definition) is 6. The minimum atomic E-state index is -0.759. The van der Waals surface area contributed by atoms with Gasteiger partial charge in [0.2, 0.25) is 5.78 Å². The molecule has 6 nitrogen and oxygen atoms in total. The van der Waals surface area contributed by atoms with E-state index in [2.05, 4.69) is 4.98 Å². The molecule has 0 saturated carbocycles. The summed E-state index contributed by atoms with van der Waals surface area (Å²) >= 11 is 1.27. The maximum Gasteiger partial charge on any atom is 0.290 e. The van der Waals surface area contributed by atoms with Crippen LogP contribution in [0.5, 0.6) is 5.75 Å². The lowest BCUT2D eigenvalue weighted by Crippen LogP contribution is -2.30. The summed E-state index contributed by atoms with van der Waals surface area (Å²) in [7, 11) is 0. The molecule has 4 aromatic rings. The lowest BCUT2D eigenvalue weighted by molar-refractivity contribution is -0.130. The number of rotatable bonds is 8. The highest BCUT2D eigenvalue weighted by atomic mass is 32.1. The number of ketones is 1. The first-order chi connectivity index (χ1) is 17.1. The molecule has 0 fully saturated rings. The quantitative estimate of drug-likeness (QED) is 0.336. The molecule has 0 spiro atoms. The van der Waals surface area contributed by atoms with E-state index in [0.717, 1.165) is 11.1 Å². The Kier molecular flexibility index (Phi) is 6.41. The fourth-order valence-corrected chi connectivity index (χ4v) is 4.81. The van der Waals surface area contributed by atoms with Crippen molar-refractivity contribution in [3.05, 3.63) is 130 Å². The Morgan fingerprint density at radius 1 is 0.971 bits per heavy atom. The van der Waals surface area contributed by atoms with Gasteiger partial charge in [0.25, 0.3) is 5.91 Å². The lowest BCUT2D eigenvalue weighted by Gasteiger charge is -2.27. The summed E-state index contributed by atoms with van der Waals surface area (Å²) in [6.07, 6.45) is 3.29. The topological polar surface area (TPSA) is 79.7 Å². The second-order valence-electron chi connectivity index (χ2n) is 8.11. The van der Waals surface area contributed by atoms with E-state index in [0.29, 0.717) is 22.8 Å². The van der Waals surface area contributed by atoms with Gasteiger partial charge in [0.15, 0.2) is 5.76 Å². The van der Waals surface area contributed by atoms with E-state index >= 15 is 0 Å². The zero-order valence-electron chi connectivity index (χ0n) is 18.7. The van der Waals surface area contributed by atoms with Gasteiger partial charge in [-0.05, 0) is 52.4 Å². The van der Waals surface area contributed by atoms with Crippen LogP contribution in [0.4, 0.5) is 0 Å². The third kappa shape index (κ3) is 4.72. The number of thiophene rings is 1. The van der Waals surface area contributed by atoms with Gasteiger partial charge in [-0.3, -0.25) is 14.6 Å². The minimum absolute atomic E-state index is 0.0757. The number of Topliss-reactive ketones (excluding diaryl/α,β-unsaturated/α-hetero) is 1. The number of hydrogen-bond donors (Lipinski definition) is 1. The third-order valence-corrected chi connectivity index (χ3v) is 6.69. The molecule has 0 radical (unpaired) electrons. The zero-order valence-corrected chi connectivity index (χ0v) is 19.5. The summed E-state index contributed by atoms with van der Waals surface area (Å²) < 4.78 is 5.99. The van der Waals surface area contributed by atoms with E-state index < -0.39 is 17.7 Å². The number of pyridine rings is 1. The largest absolute Gasteiger partial charge is 0.503 e. The van der Waals surface area contributed by atoms with Crippen molar-refractivity contribution >= 4 is 23.0 Å². The van der Waals surface area contributed by atoms with Crippen LogP contribution in [0.3, 0.4) is 0 Å². The summed E-state index contributed by atoms with van der Waals surface area (Å²) in [5.41, 5.74) is 2.63. The molecule has 35 heavy (non-hydrogen) atoms. The van der Waals surface area contributed by atoms with Crippen molar-refractivity contribution in [2.24, 2.45) is 0 Å². The molecule has 3 heterocycles. The molecule has 5 rings (SSSR count). The minimum Gasteiger partial charge on any atom is -0.503 e. The van der Waals surface area contributed by atoms with Gasteiger partial charge in [0.05, 0.1) is 16.5 Å². The Hall–Kier alpha value is -4.23. The fourth-order valence-electron chi connectivity index (χ4n) is 4.14. The van der Waals surface area contributed by atoms with Crippen LogP contribution in [0, 0.1) is 0 Å². The normalized spacial score (nSPS) is 15.5. The fraction of sp³-hybridized carbons (Fsp3) is 0.107. The Balaban J connectivity index is 1.51. The summed E-state index contributed by atoms with van der Waals surface area (Å²) in [6.45, 7) is 0.600. The van der Waals surface area contributed by atoms with Gasteiger partial charge in [-0.2, -0.15) is 0 Å². The second kappa shape index (κ2) is 9.95. The summed E-state index contributed by atoms with van der Waals surface area (Å²) in [4.78, 5) is 32.6. The maximum atomic E-state index is 13.4. The average Bonchev–Trinajstić information content (AvgIpc) is 3.52. The van der Waals surface area contributed by atoms with Crippen molar-refractivity contribution < 1.29 is 19.4 Å². The number of carbonyl (C=O) groups excluding carboxylic acids is 2. The number of amides is 1. The molecule has 0 bridgehead atoms. The van der Waals surface area contributed by atoms with Gasteiger partial charge in [-0.15, -0.1) is 11.3 Å². The van der Waals surface area contributed by atoms with E-state index in [-0.39, 0.29) is 17.9 Å². The summed E-state index contributed by atoms with van der Waals surface area (Å²) in [5.74, 6) is -0.846. The molecular weight excluding hydrogens is 460 g/mol. The predicted octanol–water partition coefficient (Wildman–Crippen LogP) is 5.50. The first kappa shape index (κ1) is 22.6. The number of ether oxygens (including phenoxy) is 1. The number of benzene rings is 2. The zero-order chi connectivity index (χ0) is 24.2. The summed E-state index contributed by atoms with van der Waals surface area (Å²) in [5, 5.41) is 12.7. The number of nitrogens with zero attached hydrogens (tertiary/aromatic N) is 2. The van der Waals surface area contributed by atoms with Gasteiger partial charge < -0.3 is 14.7 Å². The van der Waals surface area contributed by atoms with Gasteiger partial charge in [0.1, 0.15) is 12.4 Å². The molecule has 1 amide bonds. The third-order valence-electron chi connectivity index (χ3n) is 5.82. The molecule has 2 aromatic heterocycles. The van der Waals surface area contributed by atoms with Crippen molar-refractivity contribution in [3.63, 3.8) is 0 Å². The lowest BCUT2D eigenvalue weighted by atomic mass is 9.95. The van der Waals surface area contributed by atoms with Crippen molar-refractivity contribution in [1.82, 2.24) is 9.88 Å². The number of carbonyl (C=O) groups is 2. The standard InChI is InChI=1S/C28H22N2O4S/c31-26(23-10-5-15-35-23)24-25(30(28(33)27(24)32)17-19-11-13-29-14-12-19)21-8-4-9-22(16-21)34-18-20-6-2-1-3-7-20/h1-16,25,32H,17-18H2/t25-/m1/s1. The number of aliphatic hydroxyl groups is 1. The number of aliphatic hydroxyl groups excluding tert-OH is 1. The van der Waals surface area contributed by atoms with E-state index in [1.165, 1.54) is 16.2 Å². The van der Waals surface area contributed by atoms with Crippen LogP contribution < -0.4 is 4.74 Å². The van der Waals surface area contributed by atoms with Gasteiger partial charge in [0, 0.05) is 18.9 Å². The second-order valence-corrected chi connectivity index (χ2v) is 9.05. The monoisotopic (exact) mass is 482 g/mol. The van der Waals surface area contributed by atoms with Crippen molar-refractivity contribution in [2.75, 3.05) is 0 Å². The van der Waals surface area contributed by atoms with Gasteiger partial charge >= 0.3 is 0 Å². The maximum absolute atomic E-state index is 13.4. The molecule has 0 unspecified atom stereocenters. The molecule has 0 aliphatic carbocycles. The van der Waals surface area contributed by atoms with Crippen LogP contribution in [0.1, 0.15) is 32.4 Å². The van der Waals surface area contributed by atoms with E-state index in [4.69, 9.17) is 4.74 Å². The molecule has 7 heteroatoms. The molecule has 2 aromatic carbocycles. The first-order valence-corrected chi connectivity index (χ1v) is 12.0. The number of aromatic nitrogens is 1. The van der Waals surface area contributed by atoms with Gasteiger partial charge in [-0.25, -0.2) is 0 Å². The molecule has 1 aliphatic rings. The van der Waals surface area contributed by atoms with Crippen LogP contribution in [-0.4, -0.2) is 26.7 Å². The highest BCUT2D eigenvalue weighted by molar-refractivity contribution is 7.12. The van der Waals surface area contributed by atoms with E-state index in [1.54, 1.807) is 42.0 Å². The van der Waals surface area contributed by atoms with E-state index in [9.17, 15) is 14.7 Å². The van der Waals surface area contributed by atoms with Crippen molar-refractivity contribution in [3.8, 4) is 5.75 Å². The Morgan fingerprint density at radius 2 is 1.77 bits per heavy atom. The Morgan fingerprint density at radius 3 is 2.51 bits per heavy atom. The van der Waals surface area contributed by atoms with Crippen LogP contribution in [-0.2, 0) is 17.9 Å². The van der Waals surface area contributed by atoms with Crippen molar-refractivity contribution in [1.29, 1.82) is 0 Å². The summed E-state index contributed by atoms with van der Waals surface area (Å²) in [6, 6.07) is 23.5. The van der Waals surface area contributed by atoms with Crippen LogP contribution in [0.2, 0.25) is 0 Å². The van der Waals surface area contributed by atoms with Crippen LogP contribution in [0.15, 0.2) is 108 Å². The van der Waals surface area contributed by atoms with E-state index in [1.807, 2.05) is 54.6 Å². The molecule has 0 saturated heterocycles.